The minimum atomic E-state index is -0.777. The fourth-order valence-corrected chi connectivity index (χ4v) is 3.13. The minimum absolute atomic E-state index is 0.0578. The predicted octanol–water partition coefficient (Wildman–Crippen LogP) is 5.02. The molecule has 2 aromatic carbocycles. The van der Waals surface area contributed by atoms with Crippen LogP contribution in [0.3, 0.4) is 0 Å². The first-order chi connectivity index (χ1) is 14.0. The van der Waals surface area contributed by atoms with Crippen LogP contribution < -0.4 is 18.9 Å². The lowest BCUT2D eigenvalue weighted by Crippen LogP contribution is -2.09. The molecular weight excluding hydrogens is 372 g/mol. The summed E-state index contributed by atoms with van der Waals surface area (Å²) in [7, 11) is 3.20. The highest BCUT2D eigenvalue weighted by atomic mass is 16.7. The van der Waals surface area contributed by atoms with Crippen molar-refractivity contribution in [3.05, 3.63) is 35.4 Å². The van der Waals surface area contributed by atoms with Gasteiger partial charge in [0, 0.05) is 12.2 Å². The third-order valence-electron chi connectivity index (χ3n) is 4.49. The molecule has 0 aromatic heterocycles. The zero-order chi connectivity index (χ0) is 21.4. The number of aliphatic hydroxyl groups excluding tert-OH is 1. The van der Waals surface area contributed by atoms with Gasteiger partial charge in [0.25, 0.3) is 0 Å². The lowest BCUT2D eigenvalue weighted by molar-refractivity contribution is 0.0211. The van der Waals surface area contributed by atoms with E-state index in [-0.39, 0.29) is 6.79 Å². The zero-order valence-electron chi connectivity index (χ0n) is 18.2. The Bertz CT molecular complexity index is 839. The molecule has 0 heterocycles. The Labute approximate surface area is 173 Å². The molecule has 0 aliphatic carbocycles. The summed E-state index contributed by atoms with van der Waals surface area (Å²) in [4.78, 5) is 0. The van der Waals surface area contributed by atoms with Crippen molar-refractivity contribution in [3.63, 3.8) is 0 Å². The van der Waals surface area contributed by atoms with E-state index in [1.165, 1.54) is 0 Å². The Morgan fingerprint density at radius 1 is 0.966 bits per heavy atom. The van der Waals surface area contributed by atoms with Gasteiger partial charge in [-0.1, -0.05) is 11.6 Å². The lowest BCUT2D eigenvalue weighted by atomic mass is 9.97. The Hall–Kier alpha value is -2.44. The molecule has 0 aliphatic heterocycles. The molecule has 0 fully saturated rings. The Balaban J connectivity index is 2.81. The molecule has 160 valence electrons. The molecule has 0 radical (unpaired) electrons. The normalized spacial score (nSPS) is 11.8. The number of methoxy groups -OCH3 is 2. The molecule has 0 aliphatic rings. The van der Waals surface area contributed by atoms with Crippen molar-refractivity contribution < 1.29 is 28.8 Å². The van der Waals surface area contributed by atoms with Gasteiger partial charge in [-0.2, -0.15) is 0 Å². The van der Waals surface area contributed by atoms with Crippen molar-refractivity contribution in [2.75, 3.05) is 34.2 Å². The molecule has 6 nitrogen and oxygen atoms in total. The van der Waals surface area contributed by atoms with E-state index < -0.39 is 6.10 Å². The Morgan fingerprint density at radius 3 is 2.17 bits per heavy atom. The summed E-state index contributed by atoms with van der Waals surface area (Å²) >= 11 is 0. The van der Waals surface area contributed by atoms with Crippen molar-refractivity contribution in [2.45, 2.75) is 40.2 Å². The van der Waals surface area contributed by atoms with Crippen molar-refractivity contribution in [2.24, 2.45) is 0 Å². The van der Waals surface area contributed by atoms with Crippen LogP contribution in [-0.2, 0) is 4.74 Å². The molecule has 2 aromatic rings. The molecule has 1 N–H and O–H groups in total. The third-order valence-corrected chi connectivity index (χ3v) is 4.49. The van der Waals surface area contributed by atoms with E-state index in [2.05, 4.69) is 0 Å². The highest BCUT2D eigenvalue weighted by Gasteiger charge is 2.24. The van der Waals surface area contributed by atoms with Crippen LogP contribution in [0.2, 0.25) is 0 Å². The number of hydrogen-bond acceptors (Lipinski definition) is 6. The van der Waals surface area contributed by atoms with Gasteiger partial charge in [-0.3, -0.25) is 0 Å². The van der Waals surface area contributed by atoms with Crippen LogP contribution in [0.15, 0.2) is 29.8 Å². The molecule has 1 unspecified atom stereocenters. The second-order valence-electron chi connectivity index (χ2n) is 6.73. The second-order valence-corrected chi connectivity index (χ2v) is 6.73. The van der Waals surface area contributed by atoms with Gasteiger partial charge in [-0.25, -0.2) is 0 Å². The molecule has 1 atom stereocenters. The van der Waals surface area contributed by atoms with E-state index in [1.807, 2.05) is 52.0 Å². The average Bonchev–Trinajstić information content (AvgIpc) is 2.72. The fourth-order valence-electron chi connectivity index (χ4n) is 3.13. The van der Waals surface area contributed by atoms with Gasteiger partial charge in [0.05, 0.1) is 37.7 Å². The molecule has 0 bridgehead atoms. The van der Waals surface area contributed by atoms with E-state index in [0.717, 1.165) is 11.0 Å². The smallest absolute Gasteiger partial charge is 0.189 e. The predicted molar refractivity (Wildman–Crippen MR) is 114 cm³/mol. The van der Waals surface area contributed by atoms with Crippen LogP contribution in [0.5, 0.6) is 23.0 Å². The summed E-state index contributed by atoms with van der Waals surface area (Å²) in [5.41, 5.74) is 1.75. The van der Waals surface area contributed by atoms with E-state index in [0.29, 0.717) is 53.6 Å². The summed E-state index contributed by atoms with van der Waals surface area (Å²) in [5, 5.41) is 12.4. The fraction of sp³-hybridized carbons (Fsp3) is 0.478. The van der Waals surface area contributed by atoms with E-state index in [1.54, 1.807) is 14.2 Å². The number of rotatable bonds is 11. The van der Waals surface area contributed by atoms with Crippen LogP contribution >= 0.6 is 0 Å². The van der Waals surface area contributed by atoms with Crippen molar-refractivity contribution in [3.8, 4) is 23.0 Å². The van der Waals surface area contributed by atoms with Crippen LogP contribution in [0.4, 0.5) is 0 Å². The van der Waals surface area contributed by atoms with Crippen molar-refractivity contribution in [1.29, 1.82) is 0 Å². The highest BCUT2D eigenvalue weighted by molar-refractivity contribution is 6.03. The maximum absolute atomic E-state index is 11.0. The van der Waals surface area contributed by atoms with Gasteiger partial charge < -0.3 is 28.8 Å². The van der Waals surface area contributed by atoms with Gasteiger partial charge in [0.1, 0.15) is 23.0 Å². The zero-order valence-corrected chi connectivity index (χ0v) is 18.2. The SMILES string of the molecule is CCOCOc1c(C(O)CC=C(C)C)cc(OCC)c2c(OC)ccc(OC)c12. The molecular formula is C23H32O6. The average molecular weight is 405 g/mol. The van der Waals surface area contributed by atoms with Gasteiger partial charge in [-0.15, -0.1) is 0 Å². The summed E-state index contributed by atoms with van der Waals surface area (Å²) in [6.45, 7) is 8.86. The minimum Gasteiger partial charge on any atom is -0.496 e. The quantitative estimate of drug-likeness (QED) is 0.322. The molecule has 0 spiro atoms. The van der Waals surface area contributed by atoms with E-state index in [4.69, 9.17) is 23.7 Å². The van der Waals surface area contributed by atoms with Crippen LogP contribution in [0.25, 0.3) is 10.8 Å². The summed E-state index contributed by atoms with van der Waals surface area (Å²) < 4.78 is 28.5. The number of benzene rings is 2. The van der Waals surface area contributed by atoms with Gasteiger partial charge >= 0.3 is 0 Å². The highest BCUT2D eigenvalue weighted by Crippen LogP contribution is 2.48. The van der Waals surface area contributed by atoms with E-state index in [9.17, 15) is 5.11 Å². The maximum Gasteiger partial charge on any atom is 0.189 e. The monoisotopic (exact) mass is 404 g/mol. The van der Waals surface area contributed by atoms with Crippen LogP contribution in [0.1, 0.15) is 45.8 Å². The first-order valence-electron chi connectivity index (χ1n) is 9.84. The topological polar surface area (TPSA) is 66.4 Å². The summed E-state index contributed by atoms with van der Waals surface area (Å²) in [5.74, 6) is 2.34. The standard InChI is InChI=1S/C23H32O6/c1-7-27-14-29-23-16(17(24)10-9-15(3)4)13-20(28-8-2)21-18(25-5)11-12-19(26-6)22(21)23/h9,11-13,17,24H,7-8,10,14H2,1-6H3. The first kappa shape index (κ1) is 22.8. The molecule has 0 amide bonds. The van der Waals surface area contributed by atoms with Gasteiger partial charge in [-0.05, 0) is 52.3 Å². The summed E-state index contributed by atoms with van der Waals surface area (Å²) in [6.07, 6.45) is 1.67. The van der Waals surface area contributed by atoms with Crippen LogP contribution in [-0.4, -0.2) is 39.3 Å². The second kappa shape index (κ2) is 10.9. The number of aliphatic hydroxyl groups is 1. The lowest BCUT2D eigenvalue weighted by Gasteiger charge is -2.22. The number of allylic oxidation sites excluding steroid dienone is 1. The largest absolute Gasteiger partial charge is 0.496 e. The molecule has 6 heteroatoms. The maximum atomic E-state index is 11.0. The summed E-state index contributed by atoms with van der Waals surface area (Å²) in [6, 6.07) is 5.46. The molecule has 29 heavy (non-hydrogen) atoms. The van der Waals surface area contributed by atoms with Crippen molar-refractivity contribution >= 4 is 10.8 Å². The van der Waals surface area contributed by atoms with E-state index >= 15 is 0 Å². The van der Waals surface area contributed by atoms with Gasteiger partial charge in [0.2, 0.25) is 0 Å². The van der Waals surface area contributed by atoms with Crippen LogP contribution in [0, 0.1) is 0 Å². The molecule has 2 rings (SSSR count). The first-order valence-corrected chi connectivity index (χ1v) is 9.84. The number of fused-ring (bicyclic) bond motifs is 1. The Kier molecular flexibility index (Phi) is 8.61. The van der Waals surface area contributed by atoms with Gasteiger partial charge in [0.15, 0.2) is 6.79 Å². The van der Waals surface area contributed by atoms with Crippen molar-refractivity contribution in [1.82, 2.24) is 0 Å². The Morgan fingerprint density at radius 2 is 1.62 bits per heavy atom. The number of ether oxygens (including phenoxy) is 5. The molecule has 0 saturated heterocycles. The number of hydrogen-bond donors (Lipinski definition) is 1. The third kappa shape index (κ3) is 5.34. The molecule has 0 saturated carbocycles.